The Bertz CT molecular complexity index is 1230. The summed E-state index contributed by atoms with van der Waals surface area (Å²) in [4.78, 5) is 19.5. The second-order valence-electron chi connectivity index (χ2n) is 8.64. The summed E-state index contributed by atoms with van der Waals surface area (Å²) in [6.07, 6.45) is 7.42. The molecule has 0 spiro atoms. The van der Waals surface area contributed by atoms with Gasteiger partial charge >= 0.3 is 0 Å². The number of carbonyl (C=O) groups is 1. The zero-order chi connectivity index (χ0) is 22.1. The Balaban J connectivity index is 1.23. The molecule has 1 saturated heterocycles. The van der Waals surface area contributed by atoms with Gasteiger partial charge in [0.1, 0.15) is 5.82 Å². The maximum atomic E-state index is 13.9. The fourth-order valence-electron chi connectivity index (χ4n) is 4.77. The minimum absolute atomic E-state index is 0.104. The number of aryl methyl sites for hydroxylation is 1. The predicted molar refractivity (Wildman–Crippen MR) is 121 cm³/mol. The Morgan fingerprint density at radius 1 is 1.22 bits per heavy atom. The van der Waals surface area contributed by atoms with Gasteiger partial charge in [-0.25, -0.2) is 9.37 Å². The number of likely N-dealkylation sites (tertiary alicyclic amines) is 1. The lowest BCUT2D eigenvalue weighted by atomic mass is 10.1. The van der Waals surface area contributed by atoms with Crippen LogP contribution < -0.4 is 0 Å². The average Bonchev–Trinajstić information content (AvgIpc) is 3.54. The van der Waals surface area contributed by atoms with E-state index in [-0.39, 0.29) is 17.8 Å². The summed E-state index contributed by atoms with van der Waals surface area (Å²) in [5.41, 5.74) is 4.51. The summed E-state index contributed by atoms with van der Waals surface area (Å²) in [5.74, 6) is 0.246. The molecule has 164 valence electrons. The molecule has 7 heteroatoms. The first-order chi connectivity index (χ1) is 15.6. The molecule has 0 bridgehead atoms. The van der Waals surface area contributed by atoms with Gasteiger partial charge in [0.15, 0.2) is 0 Å². The predicted octanol–water partition coefficient (Wildman–Crippen LogP) is 4.44. The van der Waals surface area contributed by atoms with Crippen molar-refractivity contribution in [1.29, 1.82) is 0 Å². The standard InChI is InChI=1S/C25H26FN5O/c1-17-12-18(16-31(17)25(32)9-6-19-4-2-3-5-21(19)26)15-30-11-10-23-24(30)8-7-22(29-23)20-13-27-28-14-20/h2-5,7-8,10-11,13-14,17-18H,6,9,12,15-16H2,1H3,(H,27,28)/t17-,18+/m1/s1. The van der Waals surface area contributed by atoms with Gasteiger partial charge in [0, 0.05) is 43.5 Å². The number of aromatic nitrogens is 4. The van der Waals surface area contributed by atoms with Crippen LogP contribution in [0, 0.1) is 11.7 Å². The number of halogens is 1. The van der Waals surface area contributed by atoms with E-state index in [1.807, 2.05) is 29.3 Å². The largest absolute Gasteiger partial charge is 0.346 e. The lowest BCUT2D eigenvalue weighted by Crippen LogP contribution is -2.34. The van der Waals surface area contributed by atoms with E-state index in [0.717, 1.165) is 41.8 Å². The SMILES string of the molecule is C[C@@H]1C[C@@H](Cn2ccc3nc(-c4cn[nH]c4)ccc32)CN1C(=O)CCc1ccccc1F. The van der Waals surface area contributed by atoms with E-state index in [4.69, 9.17) is 4.98 Å². The quantitative estimate of drug-likeness (QED) is 0.491. The molecule has 3 aromatic heterocycles. The minimum Gasteiger partial charge on any atom is -0.346 e. The van der Waals surface area contributed by atoms with Crippen molar-refractivity contribution < 1.29 is 9.18 Å². The molecular weight excluding hydrogens is 405 g/mol. The molecular formula is C25H26FN5O. The number of amides is 1. The second-order valence-corrected chi connectivity index (χ2v) is 8.64. The Morgan fingerprint density at radius 2 is 2.09 bits per heavy atom. The van der Waals surface area contributed by atoms with Crippen molar-refractivity contribution in [1.82, 2.24) is 24.6 Å². The van der Waals surface area contributed by atoms with Crippen LogP contribution in [0.15, 0.2) is 61.1 Å². The molecule has 6 nitrogen and oxygen atoms in total. The number of hydrogen-bond donors (Lipinski definition) is 1. The minimum atomic E-state index is -0.239. The van der Waals surface area contributed by atoms with Crippen molar-refractivity contribution in [3.8, 4) is 11.3 Å². The van der Waals surface area contributed by atoms with E-state index in [2.05, 4.69) is 34.0 Å². The highest BCUT2D eigenvalue weighted by Crippen LogP contribution is 2.28. The zero-order valence-electron chi connectivity index (χ0n) is 18.0. The van der Waals surface area contributed by atoms with Crippen LogP contribution in [0.4, 0.5) is 4.39 Å². The number of nitrogens with one attached hydrogen (secondary N) is 1. The molecule has 1 N–H and O–H groups in total. The van der Waals surface area contributed by atoms with Gasteiger partial charge in [0.25, 0.3) is 0 Å². The number of carbonyl (C=O) groups excluding carboxylic acids is 1. The summed E-state index contributed by atoms with van der Waals surface area (Å²) in [7, 11) is 0. The highest BCUT2D eigenvalue weighted by Gasteiger charge is 2.32. The first-order valence-electron chi connectivity index (χ1n) is 11.1. The highest BCUT2D eigenvalue weighted by atomic mass is 19.1. The third-order valence-corrected chi connectivity index (χ3v) is 6.42. The van der Waals surface area contributed by atoms with Crippen LogP contribution in [-0.4, -0.2) is 43.1 Å². The van der Waals surface area contributed by atoms with Crippen LogP contribution in [0.3, 0.4) is 0 Å². The van der Waals surface area contributed by atoms with Crippen molar-refractivity contribution in [3.05, 3.63) is 72.4 Å². The van der Waals surface area contributed by atoms with Crippen LogP contribution in [0.2, 0.25) is 0 Å². The van der Waals surface area contributed by atoms with Crippen LogP contribution in [0.1, 0.15) is 25.3 Å². The first-order valence-corrected chi connectivity index (χ1v) is 11.1. The fourth-order valence-corrected chi connectivity index (χ4v) is 4.77. The number of rotatable bonds is 6. The molecule has 0 radical (unpaired) electrons. The van der Waals surface area contributed by atoms with E-state index < -0.39 is 0 Å². The molecule has 4 aromatic rings. The normalized spacial score (nSPS) is 18.5. The number of hydrogen-bond acceptors (Lipinski definition) is 3. The molecule has 1 aliphatic rings. The van der Waals surface area contributed by atoms with Gasteiger partial charge in [-0.05, 0) is 55.5 Å². The van der Waals surface area contributed by atoms with Crippen molar-refractivity contribution in [2.24, 2.45) is 5.92 Å². The fraction of sp³-hybridized carbons (Fsp3) is 0.320. The van der Waals surface area contributed by atoms with Crippen molar-refractivity contribution in [2.45, 2.75) is 38.8 Å². The van der Waals surface area contributed by atoms with Gasteiger partial charge in [-0.15, -0.1) is 0 Å². The molecule has 32 heavy (non-hydrogen) atoms. The molecule has 1 amide bonds. The third kappa shape index (κ3) is 4.02. The van der Waals surface area contributed by atoms with E-state index in [1.54, 1.807) is 18.3 Å². The third-order valence-electron chi connectivity index (χ3n) is 6.42. The molecule has 1 aromatic carbocycles. The van der Waals surface area contributed by atoms with Crippen molar-refractivity contribution >= 4 is 16.9 Å². The smallest absolute Gasteiger partial charge is 0.223 e. The number of H-pyrrole nitrogens is 1. The topological polar surface area (TPSA) is 66.8 Å². The molecule has 2 atom stereocenters. The number of nitrogens with zero attached hydrogens (tertiary/aromatic N) is 4. The van der Waals surface area contributed by atoms with Crippen molar-refractivity contribution in [3.63, 3.8) is 0 Å². The van der Waals surface area contributed by atoms with Crippen molar-refractivity contribution in [2.75, 3.05) is 6.54 Å². The highest BCUT2D eigenvalue weighted by molar-refractivity contribution is 5.79. The van der Waals surface area contributed by atoms with Gasteiger partial charge in [-0.2, -0.15) is 5.10 Å². The molecule has 4 heterocycles. The zero-order valence-corrected chi connectivity index (χ0v) is 18.0. The number of fused-ring (bicyclic) bond motifs is 1. The van der Waals surface area contributed by atoms with Crippen LogP contribution in [0.25, 0.3) is 22.3 Å². The molecule has 5 rings (SSSR count). The first kappa shape index (κ1) is 20.4. The second kappa shape index (κ2) is 8.57. The van der Waals surface area contributed by atoms with E-state index in [1.165, 1.54) is 6.07 Å². The van der Waals surface area contributed by atoms with Gasteiger partial charge in [0.05, 0.1) is 22.9 Å². The van der Waals surface area contributed by atoms with E-state index >= 15 is 0 Å². The summed E-state index contributed by atoms with van der Waals surface area (Å²) >= 11 is 0. The number of benzene rings is 1. The Labute approximate surface area is 186 Å². The lowest BCUT2D eigenvalue weighted by molar-refractivity contribution is -0.131. The van der Waals surface area contributed by atoms with Gasteiger partial charge in [-0.1, -0.05) is 18.2 Å². The molecule has 0 saturated carbocycles. The molecule has 1 fully saturated rings. The van der Waals surface area contributed by atoms with E-state index in [9.17, 15) is 9.18 Å². The van der Waals surface area contributed by atoms with Gasteiger partial charge in [0.2, 0.25) is 5.91 Å². The molecule has 1 aliphatic heterocycles. The Kier molecular flexibility index (Phi) is 5.47. The number of aromatic amines is 1. The average molecular weight is 432 g/mol. The summed E-state index contributed by atoms with van der Waals surface area (Å²) in [5, 5.41) is 6.82. The van der Waals surface area contributed by atoms with Crippen LogP contribution in [-0.2, 0) is 17.8 Å². The Hall–Kier alpha value is -3.48. The van der Waals surface area contributed by atoms with Gasteiger partial charge in [-0.3, -0.25) is 9.89 Å². The maximum absolute atomic E-state index is 13.9. The van der Waals surface area contributed by atoms with Crippen LogP contribution >= 0.6 is 0 Å². The van der Waals surface area contributed by atoms with Gasteiger partial charge < -0.3 is 9.47 Å². The summed E-state index contributed by atoms with van der Waals surface area (Å²) < 4.78 is 16.1. The van der Waals surface area contributed by atoms with Crippen LogP contribution in [0.5, 0.6) is 0 Å². The summed E-state index contributed by atoms with van der Waals surface area (Å²) in [6.45, 7) is 3.68. The maximum Gasteiger partial charge on any atom is 0.223 e. The molecule has 0 unspecified atom stereocenters. The number of pyridine rings is 1. The molecule has 0 aliphatic carbocycles. The summed E-state index contributed by atoms with van der Waals surface area (Å²) in [6, 6.07) is 13.0. The Morgan fingerprint density at radius 3 is 2.91 bits per heavy atom. The monoisotopic (exact) mass is 431 g/mol. The van der Waals surface area contributed by atoms with E-state index in [0.29, 0.717) is 24.3 Å². The lowest BCUT2D eigenvalue weighted by Gasteiger charge is -2.21.